The lowest BCUT2D eigenvalue weighted by Crippen LogP contribution is -2.61. The van der Waals surface area contributed by atoms with Gasteiger partial charge in [0.05, 0.1) is 28.1 Å². The summed E-state index contributed by atoms with van der Waals surface area (Å²) in [6.07, 6.45) is 0. The molecule has 2 aliphatic heterocycles. The number of hydrogen-bond donors (Lipinski definition) is 0. The standard InChI is InChI=1S/C68H62BN3S/c1-39-20-17-21-40(2)63(39)70-55-28-15-13-24-49(55)52-37-54-58(38-57(52)70)72(65-43(5)32-45(33-44(65)6)48-26-19-27-51-50-25-14-16-29-61(50)73-66(48)51)60-36-47(68(10,11)12)35-59-62(60)69(54)53-34-46(67(7,8)9)30-31-56(53)71(59)64-41(3)22-18-23-42(64)4/h13-38H,1-12H3. The summed E-state index contributed by atoms with van der Waals surface area (Å²) in [7, 11) is 0. The van der Waals surface area contributed by atoms with Crippen LogP contribution in [0.3, 0.4) is 0 Å². The number of nitrogens with zero attached hydrogens (tertiary/aromatic N) is 3. The molecule has 0 spiro atoms. The lowest BCUT2D eigenvalue weighted by Gasteiger charge is -2.46. The smallest absolute Gasteiger partial charge is 0.252 e. The number of thiophene rings is 1. The third kappa shape index (κ3) is 6.77. The summed E-state index contributed by atoms with van der Waals surface area (Å²) >= 11 is 1.91. The van der Waals surface area contributed by atoms with E-state index in [0.29, 0.717) is 0 Å². The first kappa shape index (κ1) is 45.5. The first-order chi connectivity index (χ1) is 35.0. The Morgan fingerprint density at radius 2 is 0.945 bits per heavy atom. The average Bonchev–Trinajstić information content (AvgIpc) is 3.89. The molecule has 73 heavy (non-hydrogen) atoms. The second kappa shape index (κ2) is 16.1. The minimum Gasteiger partial charge on any atom is -0.311 e. The van der Waals surface area contributed by atoms with Gasteiger partial charge in [0.1, 0.15) is 0 Å². The molecule has 0 aliphatic carbocycles. The van der Waals surface area contributed by atoms with Gasteiger partial charge in [0.25, 0.3) is 6.71 Å². The molecular weight excluding hydrogens is 902 g/mol. The van der Waals surface area contributed by atoms with Gasteiger partial charge in [-0.2, -0.15) is 0 Å². The Balaban J connectivity index is 1.18. The number of anilines is 6. The maximum atomic E-state index is 2.70. The zero-order valence-electron chi connectivity index (χ0n) is 44.3. The van der Waals surface area contributed by atoms with Crippen molar-refractivity contribution in [2.45, 2.75) is 93.9 Å². The van der Waals surface area contributed by atoms with Gasteiger partial charge in [0.15, 0.2) is 0 Å². The van der Waals surface area contributed by atoms with E-state index in [1.54, 1.807) is 0 Å². The van der Waals surface area contributed by atoms with Gasteiger partial charge in [-0.15, -0.1) is 11.3 Å². The maximum Gasteiger partial charge on any atom is 0.252 e. The van der Waals surface area contributed by atoms with Crippen LogP contribution in [0.1, 0.15) is 86.1 Å². The van der Waals surface area contributed by atoms with Gasteiger partial charge in [-0.25, -0.2) is 0 Å². The third-order valence-electron chi connectivity index (χ3n) is 16.3. The summed E-state index contributed by atoms with van der Waals surface area (Å²) in [6, 6.07) is 60.9. The topological polar surface area (TPSA) is 11.4 Å². The monoisotopic (exact) mass is 963 g/mol. The van der Waals surface area contributed by atoms with Crippen molar-refractivity contribution >= 4 is 111 Å². The molecule has 0 atom stereocenters. The summed E-state index contributed by atoms with van der Waals surface area (Å²) in [4.78, 5) is 5.34. The molecule has 4 heterocycles. The highest BCUT2D eigenvalue weighted by atomic mass is 32.1. The number of para-hydroxylation sites is 3. The highest BCUT2D eigenvalue weighted by Crippen LogP contribution is 2.51. The molecule has 5 heteroatoms. The average molecular weight is 964 g/mol. The molecule has 2 aromatic heterocycles. The zero-order valence-corrected chi connectivity index (χ0v) is 45.2. The number of benzene rings is 9. The lowest BCUT2D eigenvalue weighted by atomic mass is 9.33. The van der Waals surface area contributed by atoms with E-state index in [9.17, 15) is 0 Å². The molecule has 13 rings (SSSR count). The number of hydrogen-bond acceptors (Lipinski definition) is 3. The Morgan fingerprint density at radius 3 is 1.60 bits per heavy atom. The highest BCUT2D eigenvalue weighted by Gasteiger charge is 2.46. The summed E-state index contributed by atoms with van der Waals surface area (Å²) < 4.78 is 5.23. The van der Waals surface area contributed by atoms with Crippen LogP contribution in [0.25, 0.3) is 58.8 Å². The number of aromatic nitrogens is 1. The molecule has 0 fully saturated rings. The van der Waals surface area contributed by atoms with Crippen LogP contribution >= 0.6 is 11.3 Å². The maximum absolute atomic E-state index is 2.70. The Hall–Kier alpha value is -7.34. The lowest BCUT2D eigenvalue weighted by molar-refractivity contribution is 0.590. The third-order valence-corrected chi connectivity index (χ3v) is 17.6. The van der Waals surface area contributed by atoms with E-state index in [0.717, 1.165) is 0 Å². The van der Waals surface area contributed by atoms with E-state index in [1.807, 2.05) is 11.3 Å². The van der Waals surface area contributed by atoms with Crippen molar-refractivity contribution in [2.75, 3.05) is 9.80 Å². The Bertz CT molecular complexity index is 4090. The first-order valence-corrected chi connectivity index (χ1v) is 26.9. The van der Waals surface area contributed by atoms with Crippen LogP contribution in [0.5, 0.6) is 0 Å². The molecule has 0 saturated carbocycles. The van der Waals surface area contributed by atoms with Crippen LogP contribution in [0.4, 0.5) is 34.1 Å². The van der Waals surface area contributed by atoms with E-state index in [1.165, 1.54) is 154 Å². The summed E-state index contributed by atoms with van der Waals surface area (Å²) in [5, 5.41) is 5.20. The predicted molar refractivity (Wildman–Crippen MR) is 319 cm³/mol. The van der Waals surface area contributed by atoms with Gasteiger partial charge in [-0.3, -0.25) is 0 Å². The predicted octanol–water partition coefficient (Wildman–Crippen LogP) is 17.3. The number of aryl methyl sites for hydroxylation is 6. The Labute approximate surface area is 435 Å². The SMILES string of the molecule is Cc1cccc(C)c1N1c2ccc(C(C)(C)C)cc2B2c3cc4c5ccccc5n(-c5c(C)cccc5C)c4cc3N(c3c(C)cc(-c4cccc5c4sc4ccccc45)cc3C)c3cc(C(C)(C)C)cc1c32. The van der Waals surface area contributed by atoms with Crippen LogP contribution in [0, 0.1) is 41.5 Å². The van der Waals surface area contributed by atoms with Crippen LogP contribution in [-0.4, -0.2) is 11.3 Å². The second-order valence-corrected chi connectivity index (χ2v) is 24.4. The van der Waals surface area contributed by atoms with E-state index in [2.05, 4.69) is 255 Å². The van der Waals surface area contributed by atoms with Crippen molar-refractivity contribution < 1.29 is 0 Å². The minimum atomic E-state index is -0.147. The molecule has 0 saturated heterocycles. The van der Waals surface area contributed by atoms with E-state index >= 15 is 0 Å². The van der Waals surface area contributed by atoms with Gasteiger partial charge in [-0.05, 0) is 173 Å². The van der Waals surface area contributed by atoms with Crippen LogP contribution in [0.15, 0.2) is 158 Å². The first-order valence-electron chi connectivity index (χ1n) is 26.1. The van der Waals surface area contributed by atoms with E-state index in [-0.39, 0.29) is 17.5 Å². The van der Waals surface area contributed by atoms with Crippen LogP contribution in [-0.2, 0) is 10.8 Å². The fourth-order valence-corrected chi connectivity index (χ4v) is 14.1. The summed E-state index contributed by atoms with van der Waals surface area (Å²) in [5.41, 5.74) is 27.8. The molecule has 0 unspecified atom stereocenters. The van der Waals surface area contributed by atoms with Crippen molar-refractivity contribution in [1.82, 2.24) is 4.57 Å². The minimum absolute atomic E-state index is 0.0414. The van der Waals surface area contributed by atoms with Gasteiger partial charge < -0.3 is 14.4 Å². The summed E-state index contributed by atoms with van der Waals surface area (Å²) in [5.74, 6) is 0. The van der Waals surface area contributed by atoms with E-state index < -0.39 is 0 Å². The highest BCUT2D eigenvalue weighted by molar-refractivity contribution is 7.26. The van der Waals surface area contributed by atoms with Gasteiger partial charge in [0, 0.05) is 53.7 Å². The van der Waals surface area contributed by atoms with Gasteiger partial charge in [0.2, 0.25) is 0 Å². The normalized spacial score (nSPS) is 13.4. The number of rotatable bonds is 4. The molecule has 9 aromatic carbocycles. The van der Waals surface area contributed by atoms with Crippen molar-refractivity contribution in [3.05, 3.63) is 202 Å². The van der Waals surface area contributed by atoms with Crippen molar-refractivity contribution in [3.8, 4) is 16.8 Å². The van der Waals surface area contributed by atoms with Crippen molar-refractivity contribution in [1.29, 1.82) is 0 Å². The largest absolute Gasteiger partial charge is 0.311 e. The number of fused-ring (bicyclic) bond motifs is 10. The molecule has 0 bridgehead atoms. The fourth-order valence-electron chi connectivity index (χ4n) is 12.8. The zero-order chi connectivity index (χ0) is 50.6. The molecule has 3 nitrogen and oxygen atoms in total. The molecule has 11 aromatic rings. The van der Waals surface area contributed by atoms with Crippen molar-refractivity contribution in [3.63, 3.8) is 0 Å². The van der Waals surface area contributed by atoms with Gasteiger partial charge in [-0.1, -0.05) is 151 Å². The second-order valence-electron chi connectivity index (χ2n) is 23.3. The molecule has 0 radical (unpaired) electrons. The van der Waals surface area contributed by atoms with Gasteiger partial charge >= 0.3 is 0 Å². The van der Waals surface area contributed by atoms with Crippen LogP contribution in [0.2, 0.25) is 0 Å². The molecule has 2 aliphatic rings. The molecule has 0 N–H and O–H groups in total. The Kier molecular flexibility index (Phi) is 10.0. The van der Waals surface area contributed by atoms with Crippen LogP contribution < -0.4 is 26.2 Å². The quantitative estimate of drug-likeness (QED) is 0.163. The van der Waals surface area contributed by atoms with Crippen molar-refractivity contribution in [2.24, 2.45) is 0 Å². The molecule has 0 amide bonds. The van der Waals surface area contributed by atoms with E-state index in [4.69, 9.17) is 0 Å². The molecular formula is C68H62BN3S. The fraction of sp³-hybridized carbons (Fsp3) is 0.206. The Morgan fingerprint density at radius 1 is 0.397 bits per heavy atom. The summed E-state index contributed by atoms with van der Waals surface area (Å²) in [6.45, 7) is 28.0. The molecule has 358 valence electrons.